The Labute approximate surface area is 122 Å². The van der Waals surface area contributed by atoms with Crippen molar-refractivity contribution in [2.24, 2.45) is 0 Å². The van der Waals surface area contributed by atoms with E-state index in [1.165, 1.54) is 10.6 Å². The number of hydrogen-bond donors (Lipinski definition) is 2. The number of nitrogens with one attached hydrogen (secondary N) is 1. The molecule has 1 heterocycles. The molecule has 0 atom stereocenters. The first-order valence-electron chi connectivity index (χ1n) is 6.84. The highest BCUT2D eigenvalue weighted by atomic mass is 16.3. The molecule has 0 aliphatic carbocycles. The van der Waals surface area contributed by atoms with Gasteiger partial charge in [0.05, 0.1) is 12.3 Å². The van der Waals surface area contributed by atoms with Gasteiger partial charge in [-0.1, -0.05) is 30.3 Å². The van der Waals surface area contributed by atoms with E-state index in [1.807, 2.05) is 30.3 Å². The molecule has 0 saturated heterocycles. The maximum Gasteiger partial charge on any atom is 0.250 e. The van der Waals surface area contributed by atoms with E-state index >= 15 is 0 Å². The molecular formula is C16H18N2O3. The number of rotatable bonds is 6. The first-order chi connectivity index (χ1) is 10.2. The molecule has 110 valence electrons. The van der Waals surface area contributed by atoms with Gasteiger partial charge in [-0.2, -0.15) is 0 Å². The zero-order valence-corrected chi connectivity index (χ0v) is 11.7. The van der Waals surface area contributed by atoms with Crippen molar-refractivity contribution in [2.75, 3.05) is 11.9 Å². The summed E-state index contributed by atoms with van der Waals surface area (Å²) >= 11 is 0. The van der Waals surface area contributed by atoms with Gasteiger partial charge in [0.1, 0.15) is 0 Å². The minimum Gasteiger partial charge on any atom is -0.395 e. The second kappa shape index (κ2) is 7.40. The first kappa shape index (κ1) is 15.0. The lowest BCUT2D eigenvalue weighted by atomic mass is 10.1. The predicted molar refractivity (Wildman–Crippen MR) is 81.2 cm³/mol. The normalized spacial score (nSPS) is 10.3. The van der Waals surface area contributed by atoms with Crippen molar-refractivity contribution < 1.29 is 9.90 Å². The van der Waals surface area contributed by atoms with Crippen LogP contribution >= 0.6 is 0 Å². The minimum atomic E-state index is -0.202. The zero-order valence-electron chi connectivity index (χ0n) is 11.7. The van der Waals surface area contributed by atoms with Crippen LogP contribution in [0, 0.1) is 0 Å². The fourth-order valence-electron chi connectivity index (χ4n) is 2.01. The summed E-state index contributed by atoms with van der Waals surface area (Å²) in [7, 11) is 0. The Morgan fingerprint density at radius 2 is 1.90 bits per heavy atom. The Morgan fingerprint density at radius 1 is 1.14 bits per heavy atom. The first-order valence-corrected chi connectivity index (χ1v) is 6.84. The van der Waals surface area contributed by atoms with E-state index in [4.69, 9.17) is 5.11 Å². The van der Waals surface area contributed by atoms with Crippen LogP contribution in [0.4, 0.5) is 5.69 Å². The Balaban J connectivity index is 1.93. The molecule has 0 bridgehead atoms. The second-order valence-corrected chi connectivity index (χ2v) is 4.71. The third-order valence-corrected chi connectivity index (χ3v) is 3.09. The van der Waals surface area contributed by atoms with Gasteiger partial charge in [-0.25, -0.2) is 0 Å². The molecule has 2 aromatic rings. The molecule has 2 rings (SSSR count). The molecule has 0 saturated carbocycles. The molecule has 1 amide bonds. The minimum absolute atomic E-state index is 0.104. The van der Waals surface area contributed by atoms with Gasteiger partial charge in [-0.15, -0.1) is 0 Å². The number of anilines is 1. The second-order valence-electron chi connectivity index (χ2n) is 4.71. The van der Waals surface area contributed by atoms with Gasteiger partial charge < -0.3 is 15.0 Å². The van der Waals surface area contributed by atoms with Gasteiger partial charge in [0.2, 0.25) is 5.91 Å². The van der Waals surface area contributed by atoms with E-state index < -0.39 is 0 Å². The van der Waals surface area contributed by atoms with Crippen molar-refractivity contribution in [2.45, 2.75) is 19.4 Å². The van der Waals surface area contributed by atoms with E-state index in [-0.39, 0.29) is 24.6 Å². The van der Waals surface area contributed by atoms with Crippen molar-refractivity contribution in [3.8, 4) is 0 Å². The third-order valence-electron chi connectivity index (χ3n) is 3.09. The van der Waals surface area contributed by atoms with E-state index in [1.54, 1.807) is 12.3 Å². The summed E-state index contributed by atoms with van der Waals surface area (Å²) in [5.41, 5.74) is 1.46. The Hall–Kier alpha value is -2.40. The van der Waals surface area contributed by atoms with E-state index in [9.17, 15) is 9.59 Å². The Morgan fingerprint density at radius 3 is 2.62 bits per heavy atom. The van der Waals surface area contributed by atoms with Crippen molar-refractivity contribution >= 4 is 11.6 Å². The summed E-state index contributed by atoms with van der Waals surface area (Å²) in [6, 6.07) is 12.7. The van der Waals surface area contributed by atoms with Crippen molar-refractivity contribution in [3.05, 3.63) is 64.6 Å². The number of pyridine rings is 1. The average molecular weight is 286 g/mol. The fourth-order valence-corrected chi connectivity index (χ4v) is 2.01. The maximum absolute atomic E-state index is 11.9. The third kappa shape index (κ3) is 4.57. The van der Waals surface area contributed by atoms with E-state index in [0.717, 1.165) is 5.56 Å². The number of carbonyl (C=O) groups excluding carboxylic acids is 1. The maximum atomic E-state index is 11.9. The highest BCUT2D eigenvalue weighted by Gasteiger charge is 2.04. The van der Waals surface area contributed by atoms with Gasteiger partial charge in [-0.3, -0.25) is 9.59 Å². The van der Waals surface area contributed by atoms with Gasteiger partial charge in [0.15, 0.2) is 0 Å². The number of aliphatic hydroxyl groups excluding tert-OH is 1. The van der Waals surface area contributed by atoms with Crippen LogP contribution in [0.15, 0.2) is 53.5 Å². The van der Waals surface area contributed by atoms with E-state index in [2.05, 4.69) is 5.32 Å². The van der Waals surface area contributed by atoms with Crippen LogP contribution in [0.25, 0.3) is 0 Å². The topological polar surface area (TPSA) is 71.3 Å². The Bertz CT molecular complexity index is 650. The molecule has 0 aliphatic rings. The molecule has 0 fully saturated rings. The van der Waals surface area contributed by atoms with Crippen LogP contribution in [0.1, 0.15) is 12.0 Å². The molecule has 0 aliphatic heterocycles. The standard InChI is InChI=1S/C16H18N2O3/c19-11-10-18-12-14(7-9-16(18)21)17-15(20)8-6-13-4-2-1-3-5-13/h1-5,7,9,12,19H,6,8,10-11H2,(H,17,20). The van der Waals surface area contributed by atoms with E-state index in [0.29, 0.717) is 18.5 Å². The number of carbonyl (C=O) groups is 1. The number of nitrogens with zero attached hydrogens (tertiary/aromatic N) is 1. The number of hydrogen-bond acceptors (Lipinski definition) is 3. The summed E-state index contributed by atoms with van der Waals surface area (Å²) < 4.78 is 1.37. The SMILES string of the molecule is O=C(CCc1ccccc1)Nc1ccc(=O)n(CCO)c1. The molecular weight excluding hydrogens is 268 g/mol. The van der Waals surface area contributed by atoms with Crippen LogP contribution in [-0.4, -0.2) is 22.2 Å². The van der Waals surface area contributed by atoms with Gasteiger partial charge in [0.25, 0.3) is 5.56 Å². The zero-order chi connectivity index (χ0) is 15.1. The van der Waals surface area contributed by atoms with Gasteiger partial charge in [0, 0.05) is 25.2 Å². The summed E-state index contributed by atoms with van der Waals surface area (Å²) in [5, 5.41) is 11.6. The molecule has 0 radical (unpaired) electrons. The number of benzene rings is 1. The molecule has 5 nitrogen and oxygen atoms in total. The lowest BCUT2D eigenvalue weighted by Crippen LogP contribution is -2.22. The average Bonchev–Trinajstić information content (AvgIpc) is 2.50. The van der Waals surface area contributed by atoms with Crippen LogP contribution in [0.5, 0.6) is 0 Å². The van der Waals surface area contributed by atoms with Crippen LogP contribution in [0.3, 0.4) is 0 Å². The molecule has 5 heteroatoms. The quantitative estimate of drug-likeness (QED) is 0.843. The number of aryl methyl sites for hydroxylation is 1. The molecule has 1 aromatic carbocycles. The summed E-state index contributed by atoms with van der Waals surface area (Å²) in [6.45, 7) is 0.0951. The number of aliphatic hydroxyl groups is 1. The summed E-state index contributed by atoms with van der Waals surface area (Å²) in [6.07, 6.45) is 2.59. The van der Waals surface area contributed by atoms with Crippen LogP contribution < -0.4 is 10.9 Å². The molecule has 1 aromatic heterocycles. The van der Waals surface area contributed by atoms with Crippen molar-refractivity contribution in [1.29, 1.82) is 0 Å². The molecule has 2 N–H and O–H groups in total. The molecule has 0 spiro atoms. The van der Waals surface area contributed by atoms with Crippen LogP contribution in [-0.2, 0) is 17.8 Å². The lowest BCUT2D eigenvalue weighted by Gasteiger charge is -2.08. The number of amides is 1. The highest BCUT2D eigenvalue weighted by molar-refractivity contribution is 5.90. The highest BCUT2D eigenvalue weighted by Crippen LogP contribution is 2.07. The van der Waals surface area contributed by atoms with Gasteiger partial charge >= 0.3 is 0 Å². The predicted octanol–water partition coefficient (Wildman–Crippen LogP) is 1.41. The largest absolute Gasteiger partial charge is 0.395 e. The number of aromatic nitrogens is 1. The molecule has 0 unspecified atom stereocenters. The monoisotopic (exact) mass is 286 g/mol. The fraction of sp³-hybridized carbons (Fsp3) is 0.250. The molecule has 21 heavy (non-hydrogen) atoms. The van der Waals surface area contributed by atoms with Gasteiger partial charge in [-0.05, 0) is 18.1 Å². The van der Waals surface area contributed by atoms with Crippen molar-refractivity contribution in [3.63, 3.8) is 0 Å². The van der Waals surface area contributed by atoms with Crippen LogP contribution in [0.2, 0.25) is 0 Å². The summed E-state index contributed by atoms with van der Waals surface area (Å²) in [4.78, 5) is 23.4. The van der Waals surface area contributed by atoms with Crippen molar-refractivity contribution in [1.82, 2.24) is 4.57 Å². The lowest BCUT2D eigenvalue weighted by molar-refractivity contribution is -0.116. The Kier molecular flexibility index (Phi) is 5.29. The smallest absolute Gasteiger partial charge is 0.250 e. The summed E-state index contributed by atoms with van der Waals surface area (Å²) in [5.74, 6) is -0.104.